The zero-order valence-electron chi connectivity index (χ0n) is 13.5. The number of aromatic carboxylic acids is 1. The van der Waals surface area contributed by atoms with Gasteiger partial charge in [0.25, 0.3) is 0 Å². The van der Waals surface area contributed by atoms with Gasteiger partial charge in [0.1, 0.15) is 5.75 Å². The monoisotopic (exact) mass is 326 g/mol. The number of rotatable bonds is 6. The molecule has 2 aromatic rings. The highest BCUT2D eigenvalue weighted by molar-refractivity contribution is 5.89. The predicted molar refractivity (Wildman–Crippen MR) is 89.3 cm³/mol. The summed E-state index contributed by atoms with van der Waals surface area (Å²) in [5, 5.41) is 18.3. The van der Waals surface area contributed by atoms with Crippen LogP contribution in [0, 0.1) is 12.0 Å². The Balaban J connectivity index is 2.31. The van der Waals surface area contributed by atoms with Crippen LogP contribution in [-0.2, 0) is 0 Å². The molecule has 1 aromatic carbocycles. The van der Waals surface area contributed by atoms with Crippen molar-refractivity contribution in [3.05, 3.63) is 53.5 Å². The summed E-state index contributed by atoms with van der Waals surface area (Å²) >= 11 is 0. The van der Waals surface area contributed by atoms with E-state index in [0.29, 0.717) is 22.7 Å². The number of hydrogen-bond donors (Lipinski definition) is 2. The molecule has 0 fully saturated rings. The van der Waals surface area contributed by atoms with Gasteiger partial charge in [-0.3, -0.25) is 4.98 Å². The molecule has 1 heterocycles. The lowest BCUT2D eigenvalue weighted by Crippen LogP contribution is -2.25. The van der Waals surface area contributed by atoms with Gasteiger partial charge >= 0.3 is 5.97 Å². The predicted octanol–water partition coefficient (Wildman–Crippen LogP) is 3.39. The molecule has 0 radical (unpaired) electrons. The molecule has 1 aromatic heterocycles. The van der Waals surface area contributed by atoms with Crippen LogP contribution in [-0.4, -0.2) is 34.4 Å². The average molecular weight is 326 g/mol. The third kappa shape index (κ3) is 4.09. The van der Waals surface area contributed by atoms with Crippen LogP contribution >= 0.6 is 0 Å². The molecule has 124 valence electrons. The third-order valence-electron chi connectivity index (χ3n) is 3.43. The number of pyridine rings is 1. The van der Waals surface area contributed by atoms with Crippen LogP contribution in [0.4, 0.5) is 5.69 Å². The van der Waals surface area contributed by atoms with E-state index in [1.807, 2.05) is 13.8 Å². The number of ether oxygens (including phenoxy) is 1. The van der Waals surface area contributed by atoms with Crippen LogP contribution in [0.15, 0.2) is 36.5 Å². The molecular formula is C18H18N2O4. The standard InChI is InChI=1S/C18H18N2O4/c1-18(2,10-21)11-24-16-5-4-12(8-15(16)19-3)14-9-13(17(22)23)6-7-20-14/h4-9,21H,10-11H2,1-2H3,(H,22,23). The van der Waals surface area contributed by atoms with Crippen molar-refractivity contribution in [2.45, 2.75) is 13.8 Å². The van der Waals surface area contributed by atoms with Gasteiger partial charge in [-0.1, -0.05) is 19.9 Å². The number of hydrogen-bond acceptors (Lipinski definition) is 4. The fourth-order valence-electron chi connectivity index (χ4n) is 1.93. The topological polar surface area (TPSA) is 84.0 Å². The van der Waals surface area contributed by atoms with E-state index in [4.69, 9.17) is 16.4 Å². The lowest BCUT2D eigenvalue weighted by atomic mass is 9.96. The van der Waals surface area contributed by atoms with Crippen molar-refractivity contribution in [3.8, 4) is 17.0 Å². The SMILES string of the molecule is [C-]#[N+]c1cc(-c2cc(C(=O)O)ccn2)ccc1OCC(C)(C)CO. The van der Waals surface area contributed by atoms with Crippen LogP contribution in [0.5, 0.6) is 5.75 Å². The highest BCUT2D eigenvalue weighted by Gasteiger charge is 2.18. The van der Waals surface area contributed by atoms with Crippen LogP contribution in [0.25, 0.3) is 16.1 Å². The van der Waals surface area contributed by atoms with Gasteiger partial charge in [0.2, 0.25) is 5.69 Å². The maximum Gasteiger partial charge on any atom is 0.335 e. The molecule has 0 aliphatic carbocycles. The van der Waals surface area contributed by atoms with Gasteiger partial charge in [-0.25, -0.2) is 9.64 Å². The average Bonchev–Trinajstić information content (AvgIpc) is 2.60. The van der Waals surface area contributed by atoms with Crippen molar-refractivity contribution in [1.82, 2.24) is 4.98 Å². The van der Waals surface area contributed by atoms with Crippen molar-refractivity contribution in [2.24, 2.45) is 5.41 Å². The summed E-state index contributed by atoms with van der Waals surface area (Å²) < 4.78 is 5.65. The summed E-state index contributed by atoms with van der Waals surface area (Å²) in [6, 6.07) is 7.87. The largest absolute Gasteiger partial charge is 0.504 e. The normalized spacial score (nSPS) is 10.9. The first kappa shape index (κ1) is 17.4. The molecule has 0 saturated heterocycles. The molecule has 6 nitrogen and oxygen atoms in total. The van der Waals surface area contributed by atoms with Gasteiger partial charge < -0.3 is 14.9 Å². The molecule has 0 unspecified atom stereocenters. The molecule has 0 bridgehead atoms. The summed E-state index contributed by atoms with van der Waals surface area (Å²) in [5.74, 6) is -0.611. The fraction of sp³-hybridized carbons (Fsp3) is 0.278. The molecular weight excluding hydrogens is 308 g/mol. The minimum Gasteiger partial charge on any atom is -0.504 e. The zero-order valence-corrected chi connectivity index (χ0v) is 13.5. The second-order valence-corrected chi connectivity index (χ2v) is 6.14. The Bertz CT molecular complexity index is 794. The van der Waals surface area contributed by atoms with E-state index < -0.39 is 11.4 Å². The van der Waals surface area contributed by atoms with Crippen molar-refractivity contribution >= 4 is 11.7 Å². The van der Waals surface area contributed by atoms with Gasteiger partial charge in [0.05, 0.1) is 31.0 Å². The highest BCUT2D eigenvalue weighted by Crippen LogP contribution is 2.33. The van der Waals surface area contributed by atoms with E-state index in [1.54, 1.807) is 18.2 Å². The maximum absolute atomic E-state index is 11.1. The molecule has 0 atom stereocenters. The zero-order chi connectivity index (χ0) is 17.7. The number of aliphatic hydroxyl groups excluding tert-OH is 1. The van der Waals surface area contributed by atoms with Crippen molar-refractivity contribution in [3.63, 3.8) is 0 Å². The Morgan fingerprint density at radius 1 is 1.33 bits per heavy atom. The highest BCUT2D eigenvalue weighted by atomic mass is 16.5. The Labute approximate surface area is 140 Å². The maximum atomic E-state index is 11.1. The van der Waals surface area contributed by atoms with Gasteiger partial charge in [0.15, 0.2) is 0 Å². The first-order chi connectivity index (χ1) is 11.4. The minimum atomic E-state index is -1.03. The molecule has 2 rings (SSSR count). The minimum absolute atomic E-state index is 0.0235. The van der Waals surface area contributed by atoms with E-state index in [-0.39, 0.29) is 18.8 Å². The van der Waals surface area contributed by atoms with Gasteiger partial charge in [-0.05, 0) is 29.8 Å². The van der Waals surface area contributed by atoms with Crippen LogP contribution in [0.2, 0.25) is 0 Å². The summed E-state index contributed by atoms with van der Waals surface area (Å²) in [5.41, 5.74) is 1.15. The molecule has 0 saturated carbocycles. The Kier molecular flexibility index (Phi) is 5.17. The number of aliphatic hydroxyl groups is 1. The van der Waals surface area contributed by atoms with E-state index in [0.717, 1.165) is 0 Å². The molecule has 0 amide bonds. The Morgan fingerprint density at radius 2 is 2.08 bits per heavy atom. The Hall–Kier alpha value is -2.91. The van der Waals surface area contributed by atoms with Gasteiger partial charge in [-0.15, -0.1) is 0 Å². The number of carbonyl (C=O) groups is 1. The Morgan fingerprint density at radius 3 is 2.71 bits per heavy atom. The second-order valence-electron chi connectivity index (χ2n) is 6.14. The number of nitrogens with zero attached hydrogens (tertiary/aromatic N) is 2. The molecule has 24 heavy (non-hydrogen) atoms. The van der Waals surface area contributed by atoms with Crippen molar-refractivity contribution in [1.29, 1.82) is 0 Å². The number of aromatic nitrogens is 1. The van der Waals surface area contributed by atoms with Gasteiger partial charge in [-0.2, -0.15) is 0 Å². The summed E-state index contributed by atoms with van der Waals surface area (Å²) in [4.78, 5) is 18.7. The van der Waals surface area contributed by atoms with E-state index in [1.165, 1.54) is 18.3 Å². The fourth-order valence-corrected chi connectivity index (χ4v) is 1.93. The number of carboxylic acids is 1. The second kappa shape index (κ2) is 7.11. The van der Waals surface area contributed by atoms with Crippen LogP contribution in [0.1, 0.15) is 24.2 Å². The lowest BCUT2D eigenvalue weighted by Gasteiger charge is -2.22. The van der Waals surface area contributed by atoms with E-state index in [2.05, 4.69) is 9.83 Å². The van der Waals surface area contributed by atoms with Crippen LogP contribution in [0.3, 0.4) is 0 Å². The summed E-state index contributed by atoms with van der Waals surface area (Å²) in [6.07, 6.45) is 1.42. The first-order valence-corrected chi connectivity index (χ1v) is 7.31. The molecule has 6 heteroatoms. The molecule has 0 aliphatic heterocycles. The third-order valence-corrected chi connectivity index (χ3v) is 3.43. The lowest BCUT2D eigenvalue weighted by molar-refractivity contribution is 0.0697. The smallest absolute Gasteiger partial charge is 0.335 e. The summed E-state index contributed by atoms with van der Waals surface area (Å²) in [7, 11) is 0. The van der Waals surface area contributed by atoms with Crippen molar-refractivity contribution < 1.29 is 19.7 Å². The number of carboxylic acid groups (broad SMARTS) is 1. The van der Waals surface area contributed by atoms with Gasteiger partial charge in [0, 0.05) is 11.6 Å². The molecule has 0 spiro atoms. The van der Waals surface area contributed by atoms with E-state index >= 15 is 0 Å². The van der Waals surface area contributed by atoms with Crippen LogP contribution < -0.4 is 4.74 Å². The molecule has 0 aliphatic rings. The van der Waals surface area contributed by atoms with E-state index in [9.17, 15) is 9.90 Å². The van der Waals surface area contributed by atoms with Crippen molar-refractivity contribution in [2.75, 3.05) is 13.2 Å². The quantitative estimate of drug-likeness (QED) is 0.795. The first-order valence-electron chi connectivity index (χ1n) is 7.31. The number of benzene rings is 1. The molecule has 2 N–H and O–H groups in total. The summed E-state index contributed by atoms with van der Waals surface area (Å²) in [6.45, 7) is 11.3.